The van der Waals surface area contributed by atoms with E-state index in [-0.39, 0.29) is 24.4 Å². The van der Waals surface area contributed by atoms with E-state index in [1.165, 1.54) is 0 Å². The maximum Gasteiger partial charge on any atom is 0.227 e. The maximum absolute atomic E-state index is 12.8. The van der Waals surface area contributed by atoms with Gasteiger partial charge >= 0.3 is 0 Å². The minimum absolute atomic E-state index is 0. The molecule has 166 valence electrons. The Labute approximate surface area is 192 Å². The molecule has 0 aliphatic carbocycles. The van der Waals surface area contributed by atoms with E-state index in [2.05, 4.69) is 15.0 Å². The highest BCUT2D eigenvalue weighted by molar-refractivity contribution is 6.30. The number of hydrogen-bond donors (Lipinski definition) is 1. The number of piperidine rings is 1. The fourth-order valence-corrected chi connectivity index (χ4v) is 4.65. The topological polar surface area (TPSA) is 82.9 Å². The number of hydrogen-bond acceptors (Lipinski definition) is 5. The Kier molecular flexibility index (Phi) is 6.39. The first-order valence-electron chi connectivity index (χ1n) is 10.7. The number of fused-ring (bicyclic) bond motifs is 1. The number of carbonyl (C=O) groups excluding carboxylic acids is 1. The lowest BCUT2D eigenvalue weighted by molar-refractivity contribution is -0.134. The molecule has 10 heteroatoms. The van der Waals surface area contributed by atoms with Crippen LogP contribution in [-0.4, -0.2) is 61.7 Å². The fourth-order valence-electron chi connectivity index (χ4n) is 4.51. The number of amides is 1. The monoisotopic (exact) mass is 463 g/mol. The Morgan fingerprint density at radius 1 is 1.19 bits per heavy atom. The van der Waals surface area contributed by atoms with E-state index in [9.17, 15) is 4.79 Å². The lowest BCUT2D eigenvalue weighted by atomic mass is 9.96. The van der Waals surface area contributed by atoms with Crippen LogP contribution >= 0.6 is 24.0 Å². The number of pyridine rings is 1. The van der Waals surface area contributed by atoms with Crippen molar-refractivity contribution in [3.05, 3.63) is 35.4 Å². The Morgan fingerprint density at radius 2 is 2.00 bits per heavy atom. The number of H-pyrrole nitrogens is 1. The largest absolute Gasteiger partial charge is 0.356 e. The Balaban J connectivity index is 0.00000231. The molecule has 1 N–H and O–H groups in total. The van der Waals surface area contributed by atoms with Crippen molar-refractivity contribution in [2.75, 3.05) is 31.1 Å². The standard InChI is InChI=1S/C21H26ClN7O.ClH/c1-14(29-13-16(22)11-23-29)19-24-17-6-7-18(25-20(17)26-19)28-10-4-5-15(12-28)21(30)27-8-2-3-9-27;/h6-7,11,13-15H,2-5,8-10,12H2,1H3,(H,24,25,26);1H/t14-,15?;/m0./s1. The average Bonchev–Trinajstić information content (AvgIpc) is 3.52. The molecule has 0 spiro atoms. The normalized spacial score (nSPS) is 20.1. The average molecular weight is 464 g/mol. The van der Waals surface area contributed by atoms with Crippen LogP contribution in [0.4, 0.5) is 5.82 Å². The van der Waals surface area contributed by atoms with E-state index in [0.717, 1.165) is 69.0 Å². The number of aromatic amines is 1. The Bertz CT molecular complexity index is 1060. The molecule has 0 bridgehead atoms. The summed E-state index contributed by atoms with van der Waals surface area (Å²) in [5, 5.41) is 4.87. The number of anilines is 1. The van der Waals surface area contributed by atoms with E-state index < -0.39 is 0 Å². The van der Waals surface area contributed by atoms with Crippen molar-refractivity contribution >= 4 is 46.9 Å². The van der Waals surface area contributed by atoms with Crippen molar-refractivity contribution < 1.29 is 4.79 Å². The van der Waals surface area contributed by atoms with Crippen molar-refractivity contribution in [1.29, 1.82) is 0 Å². The highest BCUT2D eigenvalue weighted by Crippen LogP contribution is 2.26. The second-order valence-corrected chi connectivity index (χ2v) is 8.73. The van der Waals surface area contributed by atoms with Crippen LogP contribution < -0.4 is 4.90 Å². The molecule has 2 aliphatic heterocycles. The van der Waals surface area contributed by atoms with Gasteiger partial charge in [-0.15, -0.1) is 12.4 Å². The third kappa shape index (κ3) is 4.36. The summed E-state index contributed by atoms with van der Waals surface area (Å²) in [6.07, 6.45) is 7.63. The summed E-state index contributed by atoms with van der Waals surface area (Å²) >= 11 is 5.99. The quantitative estimate of drug-likeness (QED) is 0.637. The zero-order chi connectivity index (χ0) is 20.7. The molecule has 5 heterocycles. The van der Waals surface area contributed by atoms with Gasteiger partial charge in [-0.2, -0.15) is 5.10 Å². The van der Waals surface area contributed by atoms with Gasteiger partial charge in [0.1, 0.15) is 17.7 Å². The van der Waals surface area contributed by atoms with E-state index >= 15 is 0 Å². The highest BCUT2D eigenvalue weighted by Gasteiger charge is 2.31. The van der Waals surface area contributed by atoms with Crippen LogP contribution in [0.1, 0.15) is 44.5 Å². The molecule has 2 saturated heterocycles. The molecule has 0 radical (unpaired) electrons. The van der Waals surface area contributed by atoms with Crippen molar-refractivity contribution in [2.24, 2.45) is 5.92 Å². The predicted molar refractivity (Wildman–Crippen MR) is 123 cm³/mol. The first kappa shape index (κ1) is 21.9. The molecule has 5 rings (SSSR count). The smallest absolute Gasteiger partial charge is 0.227 e. The zero-order valence-electron chi connectivity index (χ0n) is 17.5. The van der Waals surface area contributed by atoms with Gasteiger partial charge in [0.05, 0.1) is 22.7 Å². The summed E-state index contributed by atoms with van der Waals surface area (Å²) in [5.74, 6) is 2.05. The van der Waals surface area contributed by atoms with Crippen LogP contribution in [0.5, 0.6) is 0 Å². The van der Waals surface area contributed by atoms with Gasteiger partial charge in [0.25, 0.3) is 0 Å². The number of halogens is 2. The molecule has 0 aromatic carbocycles. The van der Waals surface area contributed by atoms with E-state index in [0.29, 0.717) is 16.6 Å². The van der Waals surface area contributed by atoms with Gasteiger partial charge in [-0.25, -0.2) is 9.97 Å². The van der Waals surface area contributed by atoms with Gasteiger partial charge in [0, 0.05) is 32.4 Å². The molecule has 2 aliphatic rings. The first-order chi connectivity index (χ1) is 14.6. The minimum atomic E-state index is -0.0763. The zero-order valence-corrected chi connectivity index (χ0v) is 19.1. The predicted octanol–water partition coefficient (Wildman–Crippen LogP) is 3.68. The van der Waals surface area contributed by atoms with Gasteiger partial charge in [-0.1, -0.05) is 11.6 Å². The second-order valence-electron chi connectivity index (χ2n) is 8.29. The van der Waals surface area contributed by atoms with Gasteiger partial charge in [-0.05, 0) is 44.7 Å². The summed E-state index contributed by atoms with van der Waals surface area (Å²) in [7, 11) is 0. The Morgan fingerprint density at radius 3 is 2.74 bits per heavy atom. The number of nitrogens with zero attached hydrogens (tertiary/aromatic N) is 6. The van der Waals surface area contributed by atoms with Crippen LogP contribution in [-0.2, 0) is 4.79 Å². The highest BCUT2D eigenvalue weighted by atomic mass is 35.5. The summed E-state index contributed by atoms with van der Waals surface area (Å²) in [5.41, 5.74) is 1.57. The van der Waals surface area contributed by atoms with Crippen molar-refractivity contribution in [3.63, 3.8) is 0 Å². The fraction of sp³-hybridized carbons (Fsp3) is 0.524. The maximum atomic E-state index is 12.8. The van der Waals surface area contributed by atoms with Gasteiger partial charge in [-0.3, -0.25) is 9.48 Å². The van der Waals surface area contributed by atoms with Gasteiger partial charge in [0.2, 0.25) is 5.91 Å². The van der Waals surface area contributed by atoms with E-state index in [1.807, 2.05) is 24.0 Å². The molecule has 8 nitrogen and oxygen atoms in total. The molecule has 2 fully saturated rings. The van der Waals surface area contributed by atoms with Crippen LogP contribution in [0.25, 0.3) is 11.2 Å². The van der Waals surface area contributed by atoms with Crippen LogP contribution in [0.2, 0.25) is 5.02 Å². The lowest BCUT2D eigenvalue weighted by Gasteiger charge is -2.34. The van der Waals surface area contributed by atoms with Crippen molar-refractivity contribution in [1.82, 2.24) is 29.6 Å². The SMILES string of the molecule is C[C@@H](c1nc2nc(N3CCCC(C(=O)N4CCCC4)C3)ccc2[nH]1)n1cc(Cl)cn1.Cl. The van der Waals surface area contributed by atoms with Crippen LogP contribution in [0, 0.1) is 5.92 Å². The second kappa shape index (κ2) is 9.04. The number of aromatic nitrogens is 5. The molecule has 2 atom stereocenters. The number of nitrogens with one attached hydrogen (secondary N) is 1. The van der Waals surface area contributed by atoms with Crippen LogP contribution in [0.15, 0.2) is 24.5 Å². The number of likely N-dealkylation sites (tertiary alicyclic amines) is 1. The molecular formula is C21H27Cl2N7O. The van der Waals surface area contributed by atoms with Crippen LogP contribution in [0.3, 0.4) is 0 Å². The van der Waals surface area contributed by atoms with E-state index in [1.54, 1.807) is 17.1 Å². The van der Waals surface area contributed by atoms with Crippen molar-refractivity contribution in [3.8, 4) is 0 Å². The molecule has 3 aromatic rings. The third-order valence-electron chi connectivity index (χ3n) is 6.22. The Hall–Kier alpha value is -2.32. The van der Waals surface area contributed by atoms with Gasteiger partial charge in [0.15, 0.2) is 5.65 Å². The third-order valence-corrected chi connectivity index (χ3v) is 6.42. The van der Waals surface area contributed by atoms with E-state index in [4.69, 9.17) is 21.6 Å². The summed E-state index contributed by atoms with van der Waals surface area (Å²) in [6.45, 7) is 5.49. The lowest BCUT2D eigenvalue weighted by Crippen LogP contribution is -2.44. The molecule has 1 unspecified atom stereocenters. The molecular weight excluding hydrogens is 437 g/mol. The van der Waals surface area contributed by atoms with Gasteiger partial charge < -0.3 is 14.8 Å². The number of carbonyl (C=O) groups is 1. The number of rotatable bonds is 4. The summed E-state index contributed by atoms with van der Waals surface area (Å²) in [4.78, 5) is 29.9. The number of imidazole rings is 1. The molecule has 3 aromatic heterocycles. The van der Waals surface area contributed by atoms with Crippen molar-refractivity contribution in [2.45, 2.75) is 38.6 Å². The minimum Gasteiger partial charge on any atom is -0.356 e. The molecule has 0 saturated carbocycles. The first-order valence-corrected chi connectivity index (χ1v) is 11.1. The summed E-state index contributed by atoms with van der Waals surface area (Å²) in [6, 6.07) is 3.96. The molecule has 31 heavy (non-hydrogen) atoms. The summed E-state index contributed by atoms with van der Waals surface area (Å²) < 4.78 is 1.78. The molecule has 1 amide bonds.